The molecule has 160 valence electrons. The summed E-state index contributed by atoms with van der Waals surface area (Å²) in [6.45, 7) is 2.55. The first kappa shape index (κ1) is 21.9. The molecule has 2 aromatic rings. The van der Waals surface area contributed by atoms with Gasteiger partial charge in [-0.05, 0) is 30.7 Å². The standard InChI is InChI=1S/C21H24N2O6S/c1-16(17-6-3-2-4-7-17)22-20(24)15-29-21(25)18-8-5-9-19(14-18)30(26,27)23-10-12-28-13-11-23/h2-9,14,16H,10-13,15H2,1H3,(H,22,24). The van der Waals surface area contributed by atoms with E-state index in [-0.39, 0.29) is 29.6 Å². The summed E-state index contributed by atoms with van der Waals surface area (Å²) in [5, 5.41) is 2.75. The normalized spacial score (nSPS) is 15.9. The molecule has 9 heteroatoms. The number of nitrogens with zero attached hydrogens (tertiary/aromatic N) is 1. The van der Waals surface area contributed by atoms with Crippen molar-refractivity contribution < 1.29 is 27.5 Å². The van der Waals surface area contributed by atoms with E-state index < -0.39 is 28.5 Å². The molecule has 1 aliphatic rings. The van der Waals surface area contributed by atoms with Crippen LogP contribution in [-0.4, -0.2) is 57.5 Å². The Morgan fingerprint density at radius 2 is 1.80 bits per heavy atom. The molecule has 0 bridgehead atoms. The number of benzene rings is 2. The van der Waals surface area contributed by atoms with Crippen LogP contribution in [0.15, 0.2) is 59.5 Å². The molecule has 3 rings (SSSR count). The fourth-order valence-corrected chi connectivity index (χ4v) is 4.50. The molecule has 2 aromatic carbocycles. The van der Waals surface area contributed by atoms with Crippen molar-refractivity contribution in [2.45, 2.75) is 17.9 Å². The summed E-state index contributed by atoms with van der Waals surface area (Å²) in [7, 11) is -3.73. The van der Waals surface area contributed by atoms with Gasteiger partial charge in [-0.15, -0.1) is 0 Å². The average Bonchev–Trinajstić information content (AvgIpc) is 2.78. The number of esters is 1. The number of hydrogen-bond acceptors (Lipinski definition) is 6. The molecule has 1 N–H and O–H groups in total. The zero-order chi connectivity index (χ0) is 21.6. The number of carbonyl (C=O) groups excluding carboxylic acids is 2. The van der Waals surface area contributed by atoms with Crippen LogP contribution in [0.1, 0.15) is 28.9 Å². The summed E-state index contributed by atoms with van der Waals surface area (Å²) in [6.07, 6.45) is 0. The number of morpholine rings is 1. The SMILES string of the molecule is CC(NC(=O)COC(=O)c1cccc(S(=O)(=O)N2CCOCC2)c1)c1ccccc1. The maximum absolute atomic E-state index is 12.7. The van der Waals surface area contributed by atoms with Crippen molar-refractivity contribution in [1.82, 2.24) is 9.62 Å². The van der Waals surface area contributed by atoms with Crippen LogP contribution in [0.2, 0.25) is 0 Å². The minimum atomic E-state index is -3.73. The predicted molar refractivity (Wildman–Crippen MR) is 109 cm³/mol. The van der Waals surface area contributed by atoms with Crippen LogP contribution < -0.4 is 5.32 Å². The molecule has 0 saturated carbocycles. The highest BCUT2D eigenvalue weighted by molar-refractivity contribution is 7.89. The van der Waals surface area contributed by atoms with E-state index >= 15 is 0 Å². The van der Waals surface area contributed by atoms with E-state index in [4.69, 9.17) is 9.47 Å². The van der Waals surface area contributed by atoms with Gasteiger partial charge in [-0.25, -0.2) is 13.2 Å². The monoisotopic (exact) mass is 432 g/mol. The number of ether oxygens (including phenoxy) is 2. The fraction of sp³-hybridized carbons (Fsp3) is 0.333. The number of nitrogens with one attached hydrogen (secondary N) is 1. The Bertz CT molecular complexity index is 988. The maximum atomic E-state index is 12.7. The van der Waals surface area contributed by atoms with Crippen molar-refractivity contribution in [2.24, 2.45) is 0 Å². The molecular formula is C21H24N2O6S. The topological polar surface area (TPSA) is 102 Å². The molecular weight excluding hydrogens is 408 g/mol. The molecule has 1 fully saturated rings. The van der Waals surface area contributed by atoms with Gasteiger partial charge in [0.1, 0.15) is 0 Å². The van der Waals surface area contributed by atoms with Crippen LogP contribution in [0.25, 0.3) is 0 Å². The Balaban J connectivity index is 1.59. The molecule has 0 radical (unpaired) electrons. The summed E-state index contributed by atoms with van der Waals surface area (Å²) < 4.78 is 37.0. The highest BCUT2D eigenvalue weighted by Gasteiger charge is 2.27. The smallest absolute Gasteiger partial charge is 0.338 e. The van der Waals surface area contributed by atoms with Crippen LogP contribution in [0.3, 0.4) is 0 Å². The third-order valence-electron chi connectivity index (χ3n) is 4.69. The Morgan fingerprint density at radius 3 is 2.50 bits per heavy atom. The largest absolute Gasteiger partial charge is 0.452 e. The van der Waals surface area contributed by atoms with E-state index in [2.05, 4.69) is 5.32 Å². The van der Waals surface area contributed by atoms with E-state index in [0.717, 1.165) is 5.56 Å². The van der Waals surface area contributed by atoms with Crippen molar-refractivity contribution in [3.63, 3.8) is 0 Å². The van der Waals surface area contributed by atoms with E-state index in [1.165, 1.54) is 28.6 Å². The summed E-state index contributed by atoms with van der Waals surface area (Å²) >= 11 is 0. The highest BCUT2D eigenvalue weighted by Crippen LogP contribution is 2.19. The lowest BCUT2D eigenvalue weighted by molar-refractivity contribution is -0.124. The molecule has 1 heterocycles. The lowest BCUT2D eigenvalue weighted by Crippen LogP contribution is -2.40. The molecule has 1 saturated heterocycles. The van der Waals surface area contributed by atoms with Gasteiger partial charge in [-0.2, -0.15) is 4.31 Å². The number of sulfonamides is 1. The first-order chi connectivity index (χ1) is 14.4. The molecule has 1 atom stereocenters. The first-order valence-corrected chi connectivity index (χ1v) is 11.0. The molecule has 0 aliphatic carbocycles. The van der Waals surface area contributed by atoms with Gasteiger partial charge in [0.25, 0.3) is 5.91 Å². The van der Waals surface area contributed by atoms with Gasteiger partial charge in [0.15, 0.2) is 6.61 Å². The summed E-state index contributed by atoms with van der Waals surface area (Å²) in [5.41, 5.74) is 0.992. The summed E-state index contributed by atoms with van der Waals surface area (Å²) in [4.78, 5) is 24.4. The van der Waals surface area contributed by atoms with Gasteiger partial charge >= 0.3 is 5.97 Å². The van der Waals surface area contributed by atoms with E-state index in [0.29, 0.717) is 13.2 Å². The number of carbonyl (C=O) groups is 2. The van der Waals surface area contributed by atoms with Crippen LogP contribution in [-0.2, 0) is 24.3 Å². The van der Waals surface area contributed by atoms with E-state index in [1.807, 2.05) is 37.3 Å². The first-order valence-electron chi connectivity index (χ1n) is 9.57. The van der Waals surface area contributed by atoms with Gasteiger partial charge < -0.3 is 14.8 Å². The second-order valence-electron chi connectivity index (χ2n) is 6.82. The van der Waals surface area contributed by atoms with Crippen molar-refractivity contribution in [3.8, 4) is 0 Å². The molecule has 30 heavy (non-hydrogen) atoms. The second-order valence-corrected chi connectivity index (χ2v) is 8.76. The number of amides is 1. The number of rotatable bonds is 7. The van der Waals surface area contributed by atoms with Crippen molar-refractivity contribution in [3.05, 3.63) is 65.7 Å². The van der Waals surface area contributed by atoms with Crippen LogP contribution in [0.4, 0.5) is 0 Å². The Labute approximate surface area is 175 Å². The molecule has 1 unspecified atom stereocenters. The van der Waals surface area contributed by atoms with Crippen LogP contribution >= 0.6 is 0 Å². The zero-order valence-electron chi connectivity index (χ0n) is 16.6. The minimum absolute atomic E-state index is 0.000927. The average molecular weight is 432 g/mol. The molecule has 0 aromatic heterocycles. The van der Waals surface area contributed by atoms with E-state index in [9.17, 15) is 18.0 Å². The van der Waals surface area contributed by atoms with Crippen molar-refractivity contribution in [1.29, 1.82) is 0 Å². The minimum Gasteiger partial charge on any atom is -0.452 e. The van der Waals surface area contributed by atoms with Gasteiger partial charge in [-0.1, -0.05) is 36.4 Å². The number of hydrogen-bond donors (Lipinski definition) is 1. The second kappa shape index (κ2) is 9.84. The lowest BCUT2D eigenvalue weighted by Gasteiger charge is -2.26. The molecule has 0 spiro atoms. The Morgan fingerprint density at radius 1 is 1.10 bits per heavy atom. The lowest BCUT2D eigenvalue weighted by atomic mass is 10.1. The van der Waals surface area contributed by atoms with Crippen LogP contribution in [0.5, 0.6) is 0 Å². The van der Waals surface area contributed by atoms with Gasteiger partial charge in [0.2, 0.25) is 10.0 Å². The van der Waals surface area contributed by atoms with Gasteiger partial charge in [0, 0.05) is 13.1 Å². The van der Waals surface area contributed by atoms with Crippen LogP contribution in [0, 0.1) is 0 Å². The Kier molecular flexibility index (Phi) is 7.20. The fourth-order valence-electron chi connectivity index (χ4n) is 3.04. The van der Waals surface area contributed by atoms with Crippen molar-refractivity contribution >= 4 is 21.9 Å². The zero-order valence-corrected chi connectivity index (χ0v) is 17.4. The third-order valence-corrected chi connectivity index (χ3v) is 6.58. The van der Waals surface area contributed by atoms with Gasteiger partial charge in [-0.3, -0.25) is 4.79 Å². The van der Waals surface area contributed by atoms with Gasteiger partial charge in [0.05, 0.1) is 29.7 Å². The summed E-state index contributed by atoms with van der Waals surface area (Å²) in [5.74, 6) is -1.21. The third kappa shape index (κ3) is 5.44. The Hall–Kier alpha value is -2.75. The summed E-state index contributed by atoms with van der Waals surface area (Å²) in [6, 6.07) is 14.8. The maximum Gasteiger partial charge on any atom is 0.338 e. The van der Waals surface area contributed by atoms with E-state index in [1.54, 1.807) is 0 Å². The molecule has 8 nitrogen and oxygen atoms in total. The quantitative estimate of drug-likeness (QED) is 0.669. The van der Waals surface area contributed by atoms with Crippen molar-refractivity contribution in [2.75, 3.05) is 32.9 Å². The highest BCUT2D eigenvalue weighted by atomic mass is 32.2. The predicted octanol–water partition coefficient (Wildman–Crippen LogP) is 1.74. The molecule has 1 amide bonds. The molecule has 1 aliphatic heterocycles.